The van der Waals surface area contributed by atoms with Crippen LogP contribution in [-0.4, -0.2) is 19.5 Å². The summed E-state index contributed by atoms with van der Waals surface area (Å²) in [7, 11) is 0. The molecule has 0 saturated heterocycles. The summed E-state index contributed by atoms with van der Waals surface area (Å²) in [6.45, 7) is 0. The van der Waals surface area contributed by atoms with Crippen LogP contribution in [0.25, 0.3) is 105 Å². The molecule has 0 aliphatic heterocycles. The SMILES string of the molecule is c1ccc(-c2nc(-c3ccc(-c4nc5c6ccccc6oc5c5ccccc45)cc3)cc(-c3ccc(-n4c5ccccc5c5ccccc54)cc3)n2)cc1. The second-order valence-electron chi connectivity index (χ2n) is 13.6. The molecule has 11 rings (SSSR count). The number of hydrogen-bond acceptors (Lipinski definition) is 4. The van der Waals surface area contributed by atoms with Crippen LogP contribution in [-0.2, 0) is 0 Å². The van der Waals surface area contributed by atoms with Crippen molar-refractivity contribution in [2.75, 3.05) is 0 Å². The molecule has 7 aromatic carbocycles. The minimum Gasteiger partial charge on any atom is -0.454 e. The second-order valence-corrected chi connectivity index (χ2v) is 13.6. The molecular weight excluding hydrogens is 661 g/mol. The topological polar surface area (TPSA) is 56.7 Å². The van der Waals surface area contributed by atoms with Gasteiger partial charge in [-0.1, -0.05) is 140 Å². The van der Waals surface area contributed by atoms with Crippen molar-refractivity contribution in [1.82, 2.24) is 19.5 Å². The molecular formula is C49H30N4O. The summed E-state index contributed by atoms with van der Waals surface area (Å²) in [6.07, 6.45) is 0. The molecule has 0 unspecified atom stereocenters. The van der Waals surface area contributed by atoms with Crippen molar-refractivity contribution in [2.45, 2.75) is 0 Å². The van der Waals surface area contributed by atoms with E-state index in [0.717, 1.165) is 77.9 Å². The standard InChI is InChI=1S/C49H30N4O/c1-2-12-34(13-3-1)49-50-41(30-42(51-49)32-26-28-35(29-27-32)53-43-19-9-6-14-36(43)37-15-7-10-20-44(37)53)31-22-24-33(25-23-31)46-38-16-4-5-17-39(38)48-47(52-46)40-18-8-11-21-45(40)54-48/h1-30H. The first-order valence-corrected chi connectivity index (χ1v) is 18.1. The average molecular weight is 691 g/mol. The fourth-order valence-corrected chi connectivity index (χ4v) is 7.85. The molecule has 11 aromatic rings. The van der Waals surface area contributed by atoms with Gasteiger partial charge in [-0.3, -0.25) is 0 Å². The molecule has 5 heteroatoms. The lowest BCUT2D eigenvalue weighted by Gasteiger charge is -2.12. The lowest BCUT2D eigenvalue weighted by molar-refractivity contribution is 0.672. The highest BCUT2D eigenvalue weighted by Gasteiger charge is 2.17. The molecule has 252 valence electrons. The van der Waals surface area contributed by atoms with Gasteiger partial charge in [0.1, 0.15) is 11.1 Å². The Bertz CT molecular complexity index is 3140. The van der Waals surface area contributed by atoms with Crippen LogP contribution in [0.15, 0.2) is 186 Å². The lowest BCUT2D eigenvalue weighted by atomic mass is 10.00. The van der Waals surface area contributed by atoms with Gasteiger partial charge in [0.15, 0.2) is 11.4 Å². The fraction of sp³-hybridized carbons (Fsp3) is 0. The number of rotatable bonds is 5. The van der Waals surface area contributed by atoms with Crippen molar-refractivity contribution in [3.05, 3.63) is 182 Å². The Labute approximate surface area is 310 Å². The van der Waals surface area contributed by atoms with Gasteiger partial charge >= 0.3 is 0 Å². The Morgan fingerprint density at radius 2 is 0.907 bits per heavy atom. The van der Waals surface area contributed by atoms with E-state index < -0.39 is 0 Å². The third-order valence-corrected chi connectivity index (χ3v) is 10.4. The number of aromatic nitrogens is 4. The van der Waals surface area contributed by atoms with E-state index in [1.54, 1.807) is 0 Å². The van der Waals surface area contributed by atoms with E-state index in [1.807, 2.05) is 36.4 Å². The molecule has 0 bridgehead atoms. The Morgan fingerprint density at radius 1 is 0.389 bits per heavy atom. The van der Waals surface area contributed by atoms with E-state index >= 15 is 0 Å². The van der Waals surface area contributed by atoms with Crippen molar-refractivity contribution >= 4 is 54.6 Å². The highest BCUT2D eigenvalue weighted by molar-refractivity contribution is 6.16. The highest BCUT2D eigenvalue weighted by Crippen LogP contribution is 2.38. The normalized spacial score (nSPS) is 11.7. The van der Waals surface area contributed by atoms with Crippen molar-refractivity contribution < 1.29 is 4.42 Å². The molecule has 0 spiro atoms. The number of nitrogens with zero attached hydrogens (tertiary/aromatic N) is 4. The molecule has 0 radical (unpaired) electrons. The maximum Gasteiger partial charge on any atom is 0.161 e. The van der Waals surface area contributed by atoms with Crippen LogP contribution in [0.4, 0.5) is 0 Å². The first kappa shape index (κ1) is 30.3. The maximum absolute atomic E-state index is 6.31. The number of pyridine rings is 1. The zero-order chi connectivity index (χ0) is 35.6. The third kappa shape index (κ3) is 4.83. The number of furan rings is 1. The van der Waals surface area contributed by atoms with Crippen LogP contribution in [0.2, 0.25) is 0 Å². The molecule has 0 fully saturated rings. The molecule has 4 heterocycles. The minimum atomic E-state index is 0.684. The highest BCUT2D eigenvalue weighted by atomic mass is 16.3. The molecule has 0 atom stereocenters. The predicted molar refractivity (Wildman–Crippen MR) is 221 cm³/mol. The van der Waals surface area contributed by atoms with E-state index in [9.17, 15) is 0 Å². The summed E-state index contributed by atoms with van der Waals surface area (Å²) in [5, 5.41) is 5.61. The zero-order valence-corrected chi connectivity index (χ0v) is 29.0. The molecule has 54 heavy (non-hydrogen) atoms. The number of fused-ring (bicyclic) bond motifs is 8. The minimum absolute atomic E-state index is 0.684. The Hall–Kier alpha value is -7.37. The van der Waals surface area contributed by atoms with Gasteiger partial charge < -0.3 is 8.98 Å². The van der Waals surface area contributed by atoms with Crippen LogP contribution in [0.3, 0.4) is 0 Å². The Balaban J connectivity index is 1.01. The Kier molecular flexibility index (Phi) is 6.79. The first-order chi connectivity index (χ1) is 26.8. The summed E-state index contributed by atoms with van der Waals surface area (Å²) < 4.78 is 8.65. The van der Waals surface area contributed by atoms with Crippen molar-refractivity contribution in [3.8, 4) is 50.8 Å². The smallest absolute Gasteiger partial charge is 0.161 e. The zero-order valence-electron chi connectivity index (χ0n) is 29.0. The number of hydrogen-bond donors (Lipinski definition) is 0. The van der Waals surface area contributed by atoms with E-state index in [1.165, 1.54) is 21.8 Å². The summed E-state index contributed by atoms with van der Waals surface area (Å²) in [5.74, 6) is 0.684. The van der Waals surface area contributed by atoms with Crippen molar-refractivity contribution in [3.63, 3.8) is 0 Å². The van der Waals surface area contributed by atoms with E-state index in [2.05, 4.69) is 150 Å². The maximum atomic E-state index is 6.31. The second kappa shape index (κ2) is 12.1. The summed E-state index contributed by atoms with van der Waals surface area (Å²) in [6, 6.07) is 63.1. The number of benzene rings is 7. The van der Waals surface area contributed by atoms with Crippen LogP contribution in [0.1, 0.15) is 0 Å². The van der Waals surface area contributed by atoms with Gasteiger partial charge in [-0.15, -0.1) is 0 Å². The van der Waals surface area contributed by atoms with Crippen LogP contribution in [0.5, 0.6) is 0 Å². The van der Waals surface area contributed by atoms with Crippen LogP contribution < -0.4 is 0 Å². The summed E-state index contributed by atoms with van der Waals surface area (Å²) >= 11 is 0. The molecule has 5 nitrogen and oxygen atoms in total. The van der Waals surface area contributed by atoms with Gasteiger partial charge in [-0.05, 0) is 42.5 Å². The van der Waals surface area contributed by atoms with Gasteiger partial charge in [0.2, 0.25) is 0 Å². The summed E-state index contributed by atoms with van der Waals surface area (Å²) in [5.41, 5.74) is 12.7. The Morgan fingerprint density at radius 3 is 1.57 bits per heavy atom. The lowest BCUT2D eigenvalue weighted by Crippen LogP contribution is -1.97. The van der Waals surface area contributed by atoms with Crippen LogP contribution in [0, 0.1) is 0 Å². The van der Waals surface area contributed by atoms with Gasteiger partial charge in [0.25, 0.3) is 0 Å². The quantitative estimate of drug-likeness (QED) is 0.180. The fourth-order valence-electron chi connectivity index (χ4n) is 7.85. The van der Waals surface area contributed by atoms with Crippen molar-refractivity contribution in [1.29, 1.82) is 0 Å². The monoisotopic (exact) mass is 690 g/mol. The molecule has 0 aliphatic carbocycles. The van der Waals surface area contributed by atoms with E-state index in [4.69, 9.17) is 19.4 Å². The average Bonchev–Trinajstić information content (AvgIpc) is 3.80. The van der Waals surface area contributed by atoms with Crippen LogP contribution >= 0.6 is 0 Å². The molecule has 0 saturated carbocycles. The predicted octanol–water partition coefficient (Wildman–Crippen LogP) is 12.7. The molecule has 0 N–H and O–H groups in total. The van der Waals surface area contributed by atoms with Crippen molar-refractivity contribution in [2.24, 2.45) is 0 Å². The van der Waals surface area contributed by atoms with Gasteiger partial charge in [-0.25, -0.2) is 15.0 Å². The van der Waals surface area contributed by atoms with Gasteiger partial charge in [0.05, 0.1) is 28.1 Å². The summed E-state index contributed by atoms with van der Waals surface area (Å²) in [4.78, 5) is 15.4. The largest absolute Gasteiger partial charge is 0.454 e. The third-order valence-electron chi connectivity index (χ3n) is 10.4. The first-order valence-electron chi connectivity index (χ1n) is 18.1. The van der Waals surface area contributed by atoms with E-state index in [0.29, 0.717) is 5.82 Å². The van der Waals surface area contributed by atoms with E-state index in [-0.39, 0.29) is 0 Å². The van der Waals surface area contributed by atoms with Gasteiger partial charge in [-0.2, -0.15) is 0 Å². The molecule has 0 amide bonds. The molecule has 0 aliphatic rings. The number of para-hydroxylation sites is 3. The van der Waals surface area contributed by atoms with Gasteiger partial charge in [0, 0.05) is 54.9 Å². The molecule has 4 aromatic heterocycles.